The molecule has 1 atom stereocenters. The third-order valence-corrected chi connectivity index (χ3v) is 4.49. The van der Waals surface area contributed by atoms with Crippen molar-refractivity contribution < 1.29 is 27.8 Å². The van der Waals surface area contributed by atoms with Gasteiger partial charge in [0.15, 0.2) is 0 Å². The second-order valence-electron chi connectivity index (χ2n) is 6.07. The highest BCUT2D eigenvalue weighted by molar-refractivity contribution is 6.03. The molecule has 1 N–H and O–H groups in total. The Labute approximate surface area is 160 Å². The van der Waals surface area contributed by atoms with Crippen LogP contribution in [-0.4, -0.2) is 26.2 Å². The van der Waals surface area contributed by atoms with Crippen LogP contribution in [0.15, 0.2) is 53.7 Å². The molecule has 0 bridgehead atoms. The molecule has 146 valence electrons. The predicted octanol–water partition coefficient (Wildman–Crippen LogP) is 3.69. The van der Waals surface area contributed by atoms with Crippen molar-refractivity contribution in [3.8, 4) is 5.75 Å². The fraction of sp³-hybridized carbons (Fsp3) is 0.200. The summed E-state index contributed by atoms with van der Waals surface area (Å²) < 4.78 is 37.6. The van der Waals surface area contributed by atoms with E-state index in [0.29, 0.717) is 17.5 Å². The summed E-state index contributed by atoms with van der Waals surface area (Å²) in [5, 5.41) is 2.60. The Morgan fingerprint density at radius 2 is 1.79 bits per heavy atom. The van der Waals surface area contributed by atoms with Crippen LogP contribution in [0.2, 0.25) is 0 Å². The van der Waals surface area contributed by atoms with Crippen LogP contribution < -0.4 is 15.0 Å². The maximum atomic E-state index is 14.3. The summed E-state index contributed by atoms with van der Waals surface area (Å²) in [5.41, 5.74) is 0.761. The minimum Gasteiger partial charge on any atom is -0.497 e. The Hall–Kier alpha value is -3.42. The van der Waals surface area contributed by atoms with Gasteiger partial charge in [0.05, 0.1) is 31.5 Å². The normalized spacial score (nSPS) is 16.7. The van der Waals surface area contributed by atoms with Crippen molar-refractivity contribution >= 4 is 17.7 Å². The van der Waals surface area contributed by atoms with E-state index >= 15 is 0 Å². The van der Waals surface area contributed by atoms with E-state index in [2.05, 4.69) is 5.32 Å². The number of urea groups is 1. The van der Waals surface area contributed by atoms with E-state index in [9.17, 15) is 18.4 Å². The van der Waals surface area contributed by atoms with Gasteiger partial charge in [0.1, 0.15) is 17.4 Å². The SMILES string of the molecule is COC(=O)C1=C(C)N(c2ccc(OC)cc2)C(=O)N[C@H]1c1ccc(F)cc1F. The lowest BCUT2D eigenvalue weighted by atomic mass is 9.94. The first-order valence-corrected chi connectivity index (χ1v) is 8.36. The molecule has 8 heteroatoms. The van der Waals surface area contributed by atoms with Crippen LogP contribution in [-0.2, 0) is 9.53 Å². The van der Waals surface area contributed by atoms with Crippen LogP contribution in [0.4, 0.5) is 19.3 Å². The average molecular weight is 388 g/mol. The van der Waals surface area contributed by atoms with Crippen molar-refractivity contribution in [2.75, 3.05) is 19.1 Å². The Balaban J connectivity index is 2.13. The van der Waals surface area contributed by atoms with Crippen LogP contribution >= 0.6 is 0 Å². The highest BCUT2D eigenvalue weighted by atomic mass is 19.1. The number of hydrogen-bond acceptors (Lipinski definition) is 4. The zero-order chi connectivity index (χ0) is 20.4. The molecule has 6 nitrogen and oxygen atoms in total. The predicted molar refractivity (Wildman–Crippen MR) is 97.8 cm³/mol. The Morgan fingerprint density at radius 1 is 1.11 bits per heavy atom. The van der Waals surface area contributed by atoms with Gasteiger partial charge in [-0.25, -0.2) is 18.4 Å². The smallest absolute Gasteiger partial charge is 0.337 e. The number of nitrogens with one attached hydrogen (secondary N) is 1. The lowest BCUT2D eigenvalue weighted by molar-refractivity contribution is -0.136. The number of methoxy groups -OCH3 is 2. The molecular formula is C20H18F2N2O4. The highest BCUT2D eigenvalue weighted by Gasteiger charge is 2.38. The number of nitrogens with zero attached hydrogens (tertiary/aromatic N) is 1. The number of anilines is 1. The van der Waals surface area contributed by atoms with E-state index in [-0.39, 0.29) is 16.8 Å². The molecule has 2 amide bonds. The molecule has 1 aliphatic rings. The Bertz CT molecular complexity index is 957. The summed E-state index contributed by atoms with van der Waals surface area (Å²) in [6, 6.07) is 7.89. The molecule has 1 aliphatic heterocycles. The number of carbonyl (C=O) groups is 2. The van der Waals surface area contributed by atoms with Crippen LogP contribution in [0, 0.1) is 11.6 Å². The van der Waals surface area contributed by atoms with Crippen LogP contribution in [0.1, 0.15) is 18.5 Å². The summed E-state index contributed by atoms with van der Waals surface area (Å²) in [6.07, 6.45) is 0. The molecule has 0 fully saturated rings. The lowest BCUT2D eigenvalue weighted by Gasteiger charge is -2.35. The number of benzene rings is 2. The van der Waals surface area contributed by atoms with Gasteiger partial charge in [-0.2, -0.15) is 0 Å². The maximum Gasteiger partial charge on any atom is 0.337 e. The molecule has 0 radical (unpaired) electrons. The summed E-state index contributed by atoms with van der Waals surface area (Å²) in [4.78, 5) is 26.5. The molecular weight excluding hydrogens is 370 g/mol. The third kappa shape index (κ3) is 3.40. The number of rotatable bonds is 4. The zero-order valence-electron chi connectivity index (χ0n) is 15.5. The number of carbonyl (C=O) groups excluding carboxylic acids is 2. The van der Waals surface area contributed by atoms with E-state index in [1.165, 1.54) is 25.2 Å². The van der Waals surface area contributed by atoms with Crippen molar-refractivity contribution in [3.63, 3.8) is 0 Å². The van der Waals surface area contributed by atoms with Gasteiger partial charge in [0.2, 0.25) is 0 Å². The lowest BCUT2D eigenvalue weighted by Crippen LogP contribution is -2.48. The fourth-order valence-electron chi connectivity index (χ4n) is 3.13. The summed E-state index contributed by atoms with van der Waals surface area (Å²) in [5.74, 6) is -1.77. The second kappa shape index (κ2) is 7.67. The Kier molecular flexibility index (Phi) is 5.30. The molecule has 1 heterocycles. The summed E-state index contributed by atoms with van der Waals surface area (Å²) in [7, 11) is 2.71. The number of ether oxygens (including phenoxy) is 2. The summed E-state index contributed by atoms with van der Waals surface area (Å²) >= 11 is 0. The van der Waals surface area contributed by atoms with Crippen molar-refractivity contribution in [1.82, 2.24) is 5.32 Å². The number of amides is 2. The van der Waals surface area contributed by atoms with E-state index in [4.69, 9.17) is 9.47 Å². The monoisotopic (exact) mass is 388 g/mol. The van der Waals surface area contributed by atoms with Gasteiger partial charge in [-0.05, 0) is 37.3 Å². The molecule has 2 aromatic carbocycles. The van der Waals surface area contributed by atoms with Gasteiger partial charge < -0.3 is 14.8 Å². The summed E-state index contributed by atoms with van der Waals surface area (Å²) in [6.45, 7) is 1.56. The first kappa shape index (κ1) is 19.3. The molecule has 28 heavy (non-hydrogen) atoms. The van der Waals surface area contributed by atoms with Gasteiger partial charge in [-0.3, -0.25) is 4.90 Å². The van der Waals surface area contributed by atoms with Gasteiger partial charge in [-0.15, -0.1) is 0 Å². The van der Waals surface area contributed by atoms with Gasteiger partial charge in [0, 0.05) is 17.3 Å². The van der Waals surface area contributed by atoms with Crippen molar-refractivity contribution in [1.29, 1.82) is 0 Å². The molecule has 0 aromatic heterocycles. The van der Waals surface area contributed by atoms with E-state index in [1.54, 1.807) is 31.2 Å². The second-order valence-corrected chi connectivity index (χ2v) is 6.07. The molecule has 0 unspecified atom stereocenters. The first-order valence-electron chi connectivity index (χ1n) is 8.36. The van der Waals surface area contributed by atoms with Crippen molar-refractivity contribution in [3.05, 3.63) is 70.9 Å². The number of hydrogen-bond donors (Lipinski definition) is 1. The topological polar surface area (TPSA) is 67.9 Å². The quantitative estimate of drug-likeness (QED) is 0.812. The van der Waals surface area contributed by atoms with Crippen LogP contribution in [0.5, 0.6) is 5.75 Å². The molecule has 3 rings (SSSR count). The van der Waals surface area contributed by atoms with E-state index in [1.807, 2.05) is 0 Å². The number of esters is 1. The van der Waals surface area contributed by atoms with Gasteiger partial charge >= 0.3 is 12.0 Å². The minimum atomic E-state index is -1.12. The molecule has 0 spiro atoms. The zero-order valence-corrected chi connectivity index (χ0v) is 15.5. The average Bonchev–Trinajstić information content (AvgIpc) is 2.67. The molecule has 0 saturated carbocycles. The van der Waals surface area contributed by atoms with Crippen LogP contribution in [0.25, 0.3) is 0 Å². The van der Waals surface area contributed by atoms with Crippen molar-refractivity contribution in [2.45, 2.75) is 13.0 Å². The molecule has 2 aromatic rings. The Morgan fingerprint density at radius 3 is 2.36 bits per heavy atom. The van der Waals surface area contributed by atoms with Gasteiger partial charge in [0.25, 0.3) is 0 Å². The molecule has 0 saturated heterocycles. The minimum absolute atomic E-state index is 0.0381. The van der Waals surface area contributed by atoms with Gasteiger partial charge in [-0.1, -0.05) is 6.07 Å². The third-order valence-electron chi connectivity index (χ3n) is 4.49. The first-order chi connectivity index (χ1) is 13.4. The standard InChI is InChI=1S/C20H18F2N2O4/c1-11-17(19(25)28-3)18(15-9-4-12(21)10-16(15)22)23-20(26)24(11)13-5-7-14(27-2)8-6-13/h4-10,18H,1-3H3,(H,23,26)/t18-/m0/s1. The van der Waals surface area contributed by atoms with E-state index < -0.39 is 29.7 Å². The number of halogens is 2. The maximum absolute atomic E-state index is 14.3. The van der Waals surface area contributed by atoms with Crippen molar-refractivity contribution in [2.24, 2.45) is 0 Å². The highest BCUT2D eigenvalue weighted by Crippen LogP contribution is 2.35. The number of allylic oxidation sites excluding steroid dienone is 1. The molecule has 0 aliphatic carbocycles. The largest absolute Gasteiger partial charge is 0.497 e. The van der Waals surface area contributed by atoms with E-state index in [0.717, 1.165) is 6.07 Å². The fourth-order valence-corrected chi connectivity index (χ4v) is 3.13. The van der Waals surface area contributed by atoms with Crippen LogP contribution in [0.3, 0.4) is 0 Å².